The van der Waals surface area contributed by atoms with E-state index in [0.717, 1.165) is 6.26 Å². The largest absolute Gasteiger partial charge is 0.493 e. The van der Waals surface area contributed by atoms with Gasteiger partial charge in [-0.25, -0.2) is 16.8 Å². The van der Waals surface area contributed by atoms with Crippen LogP contribution in [0, 0.1) is 0 Å². The van der Waals surface area contributed by atoms with E-state index in [0.29, 0.717) is 15.2 Å². The molecule has 0 fully saturated rings. The predicted molar refractivity (Wildman–Crippen MR) is 91.4 cm³/mol. The third-order valence-electron chi connectivity index (χ3n) is 3.31. The quantitative estimate of drug-likeness (QED) is 0.705. The minimum Gasteiger partial charge on any atom is -0.493 e. The molecule has 136 valence electrons. The molecule has 1 aromatic carbocycles. The molecule has 1 aromatic heterocycles. The number of methoxy groups -OCH3 is 2. The first-order chi connectivity index (χ1) is 11.7. The highest BCUT2D eigenvalue weighted by Gasteiger charge is 2.33. The third-order valence-corrected chi connectivity index (χ3v) is 7.09. The third kappa shape index (κ3) is 4.27. The lowest BCUT2D eigenvalue weighted by Gasteiger charge is -2.20. The minimum absolute atomic E-state index is 0.176. The van der Waals surface area contributed by atoms with Gasteiger partial charge in [-0.15, -0.1) is 0 Å². The first-order valence-corrected chi connectivity index (χ1v) is 10.3. The Balaban J connectivity index is 2.52. The Bertz CT molecular complexity index is 943. The summed E-state index contributed by atoms with van der Waals surface area (Å²) in [5.74, 6) is 0.506. The number of ether oxygens (including phenoxy) is 2. The maximum absolute atomic E-state index is 12.9. The van der Waals surface area contributed by atoms with Gasteiger partial charge in [0.2, 0.25) is 10.0 Å². The van der Waals surface area contributed by atoms with Gasteiger partial charge in [-0.05, 0) is 24.3 Å². The molecular formula is C15H18N2O6S2. The van der Waals surface area contributed by atoms with E-state index in [2.05, 4.69) is 4.98 Å². The van der Waals surface area contributed by atoms with Gasteiger partial charge >= 0.3 is 0 Å². The summed E-state index contributed by atoms with van der Waals surface area (Å²) in [4.78, 5) is 3.75. The van der Waals surface area contributed by atoms with Gasteiger partial charge in [-0.1, -0.05) is 9.78 Å². The van der Waals surface area contributed by atoms with E-state index in [4.69, 9.17) is 9.47 Å². The first kappa shape index (κ1) is 19.2. The fraction of sp³-hybridized carbons (Fsp3) is 0.267. The molecule has 0 amide bonds. The maximum atomic E-state index is 12.9. The molecule has 0 atom stereocenters. The van der Waals surface area contributed by atoms with Crippen LogP contribution in [-0.4, -0.2) is 46.0 Å². The topological polar surface area (TPSA) is 103 Å². The zero-order chi connectivity index (χ0) is 18.7. The Hall–Kier alpha value is -2.17. The van der Waals surface area contributed by atoms with Gasteiger partial charge in [0.1, 0.15) is 0 Å². The fourth-order valence-corrected chi connectivity index (χ4v) is 5.18. The predicted octanol–water partition coefficient (Wildman–Crippen LogP) is 1.25. The highest BCUT2D eigenvalue weighted by Crippen LogP contribution is 2.31. The molecule has 0 radical (unpaired) electrons. The zero-order valence-electron chi connectivity index (χ0n) is 13.9. The van der Waals surface area contributed by atoms with E-state index in [1.54, 1.807) is 18.2 Å². The van der Waals surface area contributed by atoms with Crippen LogP contribution in [0.5, 0.6) is 11.5 Å². The average molecular weight is 386 g/mol. The van der Waals surface area contributed by atoms with Crippen LogP contribution in [0.25, 0.3) is 0 Å². The van der Waals surface area contributed by atoms with Crippen LogP contribution in [-0.2, 0) is 26.6 Å². The number of benzene rings is 1. The van der Waals surface area contributed by atoms with Crippen LogP contribution in [0.3, 0.4) is 0 Å². The standard InChI is InChI=1S/C15H18N2O6S2/c1-22-14-8-7-13(10-15(14)23-2)25(20,21)17(24(3,18)19)11-12-6-4-5-9-16-12/h4-10H,11H2,1-3H3. The molecule has 8 nitrogen and oxygen atoms in total. The molecule has 0 aliphatic heterocycles. The normalized spacial score (nSPS) is 12.2. The minimum atomic E-state index is -4.34. The summed E-state index contributed by atoms with van der Waals surface area (Å²) in [5.41, 5.74) is 0.303. The van der Waals surface area contributed by atoms with Crippen molar-refractivity contribution in [3.63, 3.8) is 0 Å². The second-order valence-corrected chi connectivity index (χ2v) is 9.04. The van der Waals surface area contributed by atoms with Crippen molar-refractivity contribution >= 4 is 20.0 Å². The van der Waals surface area contributed by atoms with Crippen molar-refractivity contribution in [3.8, 4) is 11.5 Å². The number of sulfonamides is 2. The second kappa shape index (κ2) is 7.38. The van der Waals surface area contributed by atoms with Crippen molar-refractivity contribution in [1.82, 2.24) is 8.69 Å². The van der Waals surface area contributed by atoms with E-state index in [-0.39, 0.29) is 10.6 Å². The van der Waals surface area contributed by atoms with Crippen molar-refractivity contribution < 1.29 is 26.3 Å². The molecule has 0 saturated heterocycles. The van der Waals surface area contributed by atoms with Crippen molar-refractivity contribution in [2.45, 2.75) is 11.4 Å². The van der Waals surface area contributed by atoms with Crippen molar-refractivity contribution in [2.24, 2.45) is 0 Å². The summed E-state index contributed by atoms with van der Waals surface area (Å²) in [6.45, 7) is -0.406. The van der Waals surface area contributed by atoms with E-state index in [9.17, 15) is 16.8 Å². The van der Waals surface area contributed by atoms with Gasteiger partial charge < -0.3 is 9.47 Å². The number of hydrogen-bond donors (Lipinski definition) is 0. The van der Waals surface area contributed by atoms with Crippen LogP contribution in [0.4, 0.5) is 0 Å². The maximum Gasteiger partial charge on any atom is 0.256 e. The van der Waals surface area contributed by atoms with E-state index in [1.807, 2.05) is 0 Å². The summed E-state index contributed by atoms with van der Waals surface area (Å²) in [6.07, 6.45) is 2.28. The Morgan fingerprint density at radius 3 is 2.20 bits per heavy atom. The lowest BCUT2D eigenvalue weighted by molar-refractivity contribution is 0.353. The fourth-order valence-electron chi connectivity index (χ4n) is 2.10. The summed E-state index contributed by atoms with van der Waals surface area (Å²) < 4.78 is 60.5. The summed E-state index contributed by atoms with van der Waals surface area (Å²) in [6, 6.07) is 8.70. The van der Waals surface area contributed by atoms with Gasteiger partial charge in [0, 0.05) is 12.3 Å². The highest BCUT2D eigenvalue weighted by molar-refractivity contribution is 8.03. The number of hydrogen-bond acceptors (Lipinski definition) is 7. The smallest absolute Gasteiger partial charge is 0.256 e. The molecule has 0 N–H and O–H groups in total. The van der Waals surface area contributed by atoms with E-state index < -0.39 is 26.6 Å². The Morgan fingerprint density at radius 2 is 1.68 bits per heavy atom. The van der Waals surface area contributed by atoms with Gasteiger partial charge in [-0.3, -0.25) is 4.98 Å². The zero-order valence-corrected chi connectivity index (χ0v) is 15.5. The van der Waals surface area contributed by atoms with Crippen molar-refractivity contribution in [1.29, 1.82) is 0 Å². The second-order valence-electron chi connectivity index (χ2n) is 5.04. The van der Waals surface area contributed by atoms with Crippen molar-refractivity contribution in [3.05, 3.63) is 48.3 Å². The van der Waals surface area contributed by atoms with Gasteiger partial charge in [0.25, 0.3) is 10.0 Å². The van der Waals surface area contributed by atoms with Crippen LogP contribution >= 0.6 is 0 Å². The molecule has 2 rings (SSSR count). The molecule has 0 unspecified atom stereocenters. The highest BCUT2D eigenvalue weighted by atomic mass is 32.3. The molecule has 10 heteroatoms. The lowest BCUT2D eigenvalue weighted by atomic mass is 10.3. The van der Waals surface area contributed by atoms with Gasteiger partial charge in [-0.2, -0.15) is 0 Å². The molecule has 0 aliphatic carbocycles. The molecule has 1 heterocycles. The summed E-state index contributed by atoms with van der Waals surface area (Å²) in [5, 5.41) is 0. The van der Waals surface area contributed by atoms with Crippen LogP contribution in [0.1, 0.15) is 5.69 Å². The van der Waals surface area contributed by atoms with Crippen LogP contribution in [0.15, 0.2) is 47.5 Å². The van der Waals surface area contributed by atoms with E-state index >= 15 is 0 Å². The Morgan fingerprint density at radius 1 is 1.00 bits per heavy atom. The SMILES string of the molecule is COc1ccc(S(=O)(=O)N(Cc2ccccn2)S(C)(=O)=O)cc1OC. The number of rotatable bonds is 7. The molecule has 0 spiro atoms. The van der Waals surface area contributed by atoms with E-state index in [1.165, 1.54) is 38.6 Å². The summed E-state index contributed by atoms with van der Waals surface area (Å²) >= 11 is 0. The monoisotopic (exact) mass is 386 g/mol. The molecule has 25 heavy (non-hydrogen) atoms. The van der Waals surface area contributed by atoms with Gasteiger partial charge in [0.15, 0.2) is 11.5 Å². The Kier molecular flexibility index (Phi) is 5.65. The lowest BCUT2D eigenvalue weighted by Crippen LogP contribution is -2.35. The van der Waals surface area contributed by atoms with Gasteiger partial charge in [0.05, 0.1) is 37.6 Å². The number of nitrogens with zero attached hydrogens (tertiary/aromatic N) is 2. The average Bonchev–Trinajstić information content (AvgIpc) is 2.58. The molecule has 0 saturated carbocycles. The molecule has 0 aliphatic rings. The first-order valence-electron chi connectivity index (χ1n) is 7.05. The molecule has 2 aromatic rings. The van der Waals surface area contributed by atoms with Crippen molar-refractivity contribution in [2.75, 3.05) is 20.5 Å². The Labute approximate surface area is 147 Å². The van der Waals surface area contributed by atoms with Crippen LogP contribution < -0.4 is 9.47 Å². The van der Waals surface area contributed by atoms with Crippen LogP contribution in [0.2, 0.25) is 0 Å². The summed E-state index contributed by atoms with van der Waals surface area (Å²) in [7, 11) is -5.65. The number of pyridine rings is 1. The molecule has 0 bridgehead atoms. The molecular weight excluding hydrogens is 368 g/mol. The number of aromatic nitrogens is 1.